The molecule has 9 heteroatoms. The summed E-state index contributed by atoms with van der Waals surface area (Å²) in [6, 6.07) is 7.07. The van der Waals surface area contributed by atoms with Crippen LogP contribution in [0.25, 0.3) is 0 Å². The maximum Gasteiger partial charge on any atom is 0.0890 e. The van der Waals surface area contributed by atoms with E-state index in [1.807, 2.05) is 0 Å². The molecule has 0 saturated carbocycles. The highest BCUT2D eigenvalue weighted by Gasteiger charge is 2.47. The number of likely N-dealkylation sites (tertiary alicyclic amines) is 9. The number of hydrogen-bond donors (Lipinski definition) is 0. The minimum Gasteiger partial charge on any atom is -0.326 e. The summed E-state index contributed by atoms with van der Waals surface area (Å²) < 4.78 is 11.9. The molecule has 0 aromatic heterocycles. The average Bonchev–Trinajstić information content (AvgIpc) is 1.60. The molecule has 0 bridgehead atoms. The Hall–Kier alpha value is -0.360. The predicted octanol–water partition coefficient (Wildman–Crippen LogP) is 19.8. The molecule has 9 fully saturated rings. The molecule has 0 N–H and O–H groups in total. The Labute approximate surface area is 615 Å². The highest BCUT2D eigenvalue weighted by atomic mass is 15.4. The summed E-state index contributed by atoms with van der Waals surface area (Å²) in [6.45, 7) is 85.4. The van der Waals surface area contributed by atoms with Gasteiger partial charge in [-0.05, 0) is 113 Å². The molecular weight excluding hydrogens is 1180 g/mol. The largest absolute Gasteiger partial charge is 0.326 e. The third kappa shape index (κ3) is 29.1. The van der Waals surface area contributed by atoms with Crippen molar-refractivity contribution < 1.29 is 40.3 Å². The molecule has 9 heterocycles. The molecule has 0 aromatic rings. The monoisotopic (exact) mass is 1380 g/mol. The van der Waals surface area contributed by atoms with Gasteiger partial charge in [-0.3, -0.25) is 0 Å². The fraction of sp³-hybridized carbons (Fsp3) is 1.00. The van der Waals surface area contributed by atoms with Gasteiger partial charge >= 0.3 is 0 Å². The first-order chi connectivity index (χ1) is 45.0. The first-order valence-electron chi connectivity index (χ1n) is 43.6. The highest BCUT2D eigenvalue weighted by Crippen LogP contribution is 2.37. The lowest BCUT2D eigenvalue weighted by Crippen LogP contribution is -2.52. The Morgan fingerprint density at radius 2 is 0.680 bits per heavy atom. The van der Waals surface area contributed by atoms with Crippen molar-refractivity contribution in [3.8, 4) is 0 Å². The second kappa shape index (κ2) is 43.9. The maximum absolute atomic E-state index is 2.43. The van der Waals surface area contributed by atoms with Gasteiger partial charge in [0, 0.05) is 112 Å². The maximum atomic E-state index is 2.43. The summed E-state index contributed by atoms with van der Waals surface area (Å²) in [5.41, 5.74) is 0. The normalized spacial score (nSPS) is 42.9. The molecular formula is C88H194N9+9. The fourth-order valence-corrected chi connectivity index (χ4v) is 21.9. The number of hydrogen-bond acceptors (Lipinski definition) is 0. The van der Waals surface area contributed by atoms with E-state index in [0.29, 0.717) is 0 Å². The molecule has 0 aromatic carbocycles. The van der Waals surface area contributed by atoms with Gasteiger partial charge in [0.05, 0.1) is 236 Å². The lowest BCUT2D eigenvalue weighted by Gasteiger charge is -2.39. The minimum atomic E-state index is 0.861. The van der Waals surface area contributed by atoms with E-state index in [1.165, 1.54) is 287 Å². The van der Waals surface area contributed by atoms with Crippen LogP contribution >= 0.6 is 0 Å². The molecule has 9 aliphatic rings. The molecule has 9 aliphatic heterocycles. The zero-order valence-corrected chi connectivity index (χ0v) is 74.1. The van der Waals surface area contributed by atoms with Crippen LogP contribution in [0.5, 0.6) is 0 Å². The van der Waals surface area contributed by atoms with Crippen LogP contribution in [0.2, 0.25) is 0 Å². The van der Waals surface area contributed by atoms with Crippen LogP contribution in [-0.2, 0) is 0 Å². The van der Waals surface area contributed by atoms with Gasteiger partial charge in [-0.2, -0.15) is 0 Å². The van der Waals surface area contributed by atoms with Crippen molar-refractivity contribution >= 4 is 0 Å². The molecule has 22 atom stereocenters. The van der Waals surface area contributed by atoms with Gasteiger partial charge in [0.15, 0.2) is 0 Å². The summed E-state index contributed by atoms with van der Waals surface area (Å²) in [4.78, 5) is 0. The van der Waals surface area contributed by atoms with Crippen molar-refractivity contribution in [1.82, 2.24) is 0 Å². The average molecular weight is 1380 g/mol. The van der Waals surface area contributed by atoms with Crippen molar-refractivity contribution in [3.63, 3.8) is 0 Å². The van der Waals surface area contributed by atoms with Gasteiger partial charge in [-0.25, -0.2) is 0 Å². The third-order valence-electron chi connectivity index (χ3n) is 30.3. The molecule has 0 spiro atoms. The van der Waals surface area contributed by atoms with Gasteiger partial charge in [-0.15, -0.1) is 0 Å². The number of rotatable bonds is 18. The Kier molecular flexibility index (Phi) is 42.9. The summed E-state index contributed by atoms with van der Waals surface area (Å²) in [7, 11) is 21.7. The Bertz CT molecular complexity index is 1990. The van der Waals surface area contributed by atoms with Gasteiger partial charge in [0.25, 0.3) is 0 Å². The van der Waals surface area contributed by atoms with Crippen LogP contribution in [0, 0.1) is 47.3 Å². The number of quaternary nitrogens is 9. The van der Waals surface area contributed by atoms with Crippen LogP contribution in [-0.4, -0.2) is 276 Å². The van der Waals surface area contributed by atoms with Gasteiger partial charge < -0.3 is 40.3 Å². The van der Waals surface area contributed by atoms with E-state index in [9.17, 15) is 0 Å². The van der Waals surface area contributed by atoms with Crippen molar-refractivity contribution in [2.45, 2.75) is 343 Å². The second-order valence-electron chi connectivity index (χ2n) is 39.4. The predicted molar refractivity (Wildman–Crippen MR) is 436 cm³/mol. The SMILES string of the molecule is CCC[N+]1(C)C(C)CC(C)C1C.CCC[N+]1(C)C(C)CCC1C.CCC[N+]1(C)CC(C)C(C)C1.CCC[N+]1(C)CC(C)C(C)C1C.CCC[N+]1(C)CC(C)CC1C.CCC[N+]1(C)CCC(C)C1.CCC[N+]1(C)CCC(C)C1C.CCC[N+]1(C)CCCC1.CCC[N+]1(C)CCCC1C. The van der Waals surface area contributed by atoms with Crippen molar-refractivity contribution in [3.05, 3.63) is 0 Å². The topological polar surface area (TPSA) is 0 Å². The van der Waals surface area contributed by atoms with Crippen LogP contribution in [0.15, 0.2) is 0 Å². The van der Waals surface area contributed by atoms with Crippen molar-refractivity contribution in [2.75, 3.05) is 188 Å². The standard InChI is InChI=1S/2C11H24N.4C10H22N.2C9H20N.C8H18N/c1-6-7-12(5)8-9(2)10(3)11(12)4;1-6-7-12(5)10(3)8-9(2)11(12)4;1-5-8-11(4)9(2)6-7-10(11)3;1-5-7-11(4)8-6-9(2)10(11)3;1-5-6-11(4)7-9(2)10(3)8-11;1-5-6-11(4)8-9(2)7-10(11)3;1-4-7-10(3)8-5-6-9(10)2;1-4-6-10(3)7-5-9(2)8-10;1-3-6-9(2)7-4-5-8-9/h2*9-11H,6-8H2,1-5H3;4*9-10H,5-8H2,1-4H3;2*9H,4-8H2,1-3H3;3-8H2,1-2H3/q9*+1. The van der Waals surface area contributed by atoms with Crippen molar-refractivity contribution in [1.29, 1.82) is 0 Å². The molecule has 22 unspecified atom stereocenters. The van der Waals surface area contributed by atoms with Crippen LogP contribution in [0.1, 0.15) is 295 Å². The van der Waals surface area contributed by atoms with E-state index in [2.05, 4.69) is 237 Å². The summed E-state index contributed by atoms with van der Waals surface area (Å²) >= 11 is 0. The number of nitrogens with zero attached hydrogens (tertiary/aromatic N) is 9. The van der Waals surface area contributed by atoms with E-state index >= 15 is 0 Å². The zero-order valence-electron chi connectivity index (χ0n) is 74.1. The molecule has 0 amide bonds. The van der Waals surface area contributed by atoms with Gasteiger partial charge in [-0.1, -0.05) is 118 Å². The molecule has 9 rings (SSSR count). The first-order valence-corrected chi connectivity index (χ1v) is 43.6. The quantitative estimate of drug-likeness (QED) is 0.120. The Balaban J connectivity index is 0.000000546. The Morgan fingerprint density at radius 1 is 0.237 bits per heavy atom. The van der Waals surface area contributed by atoms with Crippen LogP contribution < -0.4 is 0 Å². The molecule has 0 radical (unpaired) electrons. The lowest BCUT2D eigenvalue weighted by atomic mass is 9.95. The first kappa shape index (κ1) is 94.7. The third-order valence-corrected chi connectivity index (χ3v) is 30.3. The molecule has 9 nitrogen and oxygen atoms in total. The van der Waals surface area contributed by atoms with Gasteiger partial charge in [0.2, 0.25) is 0 Å². The zero-order chi connectivity index (χ0) is 74.6. The molecule has 9 saturated heterocycles. The van der Waals surface area contributed by atoms with Crippen molar-refractivity contribution in [2.24, 2.45) is 47.3 Å². The van der Waals surface area contributed by atoms with E-state index in [4.69, 9.17) is 0 Å². The Morgan fingerprint density at radius 3 is 1.05 bits per heavy atom. The van der Waals surface area contributed by atoms with E-state index < -0.39 is 0 Å². The van der Waals surface area contributed by atoms with E-state index in [0.717, 1.165) is 95.7 Å². The summed E-state index contributed by atoms with van der Waals surface area (Å²) in [5, 5.41) is 0. The van der Waals surface area contributed by atoms with Gasteiger partial charge in [0.1, 0.15) is 0 Å². The molecule has 97 heavy (non-hydrogen) atoms. The molecule has 0 aliphatic carbocycles. The van der Waals surface area contributed by atoms with Crippen LogP contribution in [0.4, 0.5) is 0 Å². The fourth-order valence-electron chi connectivity index (χ4n) is 21.9. The summed E-state index contributed by atoms with van der Waals surface area (Å²) in [6.07, 6.45) is 26.3. The second-order valence-corrected chi connectivity index (χ2v) is 39.4. The molecule has 582 valence electrons. The smallest absolute Gasteiger partial charge is 0.0890 e. The van der Waals surface area contributed by atoms with E-state index in [1.54, 1.807) is 0 Å². The summed E-state index contributed by atoms with van der Waals surface area (Å²) in [5.74, 6) is 7.46. The van der Waals surface area contributed by atoms with E-state index in [-0.39, 0.29) is 0 Å². The lowest BCUT2D eigenvalue weighted by molar-refractivity contribution is -0.941. The minimum absolute atomic E-state index is 0.861. The van der Waals surface area contributed by atoms with Crippen LogP contribution in [0.3, 0.4) is 0 Å². The highest BCUT2D eigenvalue weighted by molar-refractivity contribution is 4.78.